The molecule has 1 aromatic carbocycles. The SMILES string of the molecule is OC[C@@H]1CCCN1CCc1c(O)cccc1O. The summed E-state index contributed by atoms with van der Waals surface area (Å²) >= 11 is 0. The first kappa shape index (κ1) is 12.2. The van der Waals surface area contributed by atoms with Gasteiger partial charge < -0.3 is 15.3 Å². The van der Waals surface area contributed by atoms with Gasteiger partial charge in [0.25, 0.3) is 0 Å². The van der Waals surface area contributed by atoms with Crippen LogP contribution in [0.1, 0.15) is 18.4 Å². The van der Waals surface area contributed by atoms with Crippen LogP contribution in [0.3, 0.4) is 0 Å². The Morgan fingerprint density at radius 1 is 1.24 bits per heavy atom. The molecule has 4 heteroatoms. The van der Waals surface area contributed by atoms with Crippen LogP contribution in [0, 0.1) is 0 Å². The molecule has 0 radical (unpaired) electrons. The molecule has 3 N–H and O–H groups in total. The molecule has 4 nitrogen and oxygen atoms in total. The number of phenolic OH excluding ortho intramolecular Hbond substituents is 2. The summed E-state index contributed by atoms with van der Waals surface area (Å²) in [6.45, 7) is 1.93. The van der Waals surface area contributed by atoms with Gasteiger partial charge in [-0.2, -0.15) is 0 Å². The zero-order valence-corrected chi connectivity index (χ0v) is 9.84. The summed E-state index contributed by atoms with van der Waals surface area (Å²) in [5, 5.41) is 28.5. The number of aromatic hydroxyl groups is 2. The van der Waals surface area contributed by atoms with E-state index in [1.807, 2.05) is 0 Å². The van der Waals surface area contributed by atoms with E-state index in [1.54, 1.807) is 18.2 Å². The third-order valence-corrected chi connectivity index (χ3v) is 3.49. The third-order valence-electron chi connectivity index (χ3n) is 3.49. The van der Waals surface area contributed by atoms with Gasteiger partial charge >= 0.3 is 0 Å². The minimum absolute atomic E-state index is 0.143. The first-order valence-corrected chi connectivity index (χ1v) is 6.07. The third kappa shape index (κ3) is 2.70. The Hall–Kier alpha value is -1.26. The van der Waals surface area contributed by atoms with Gasteiger partial charge in [0, 0.05) is 18.2 Å². The van der Waals surface area contributed by atoms with Crippen LogP contribution >= 0.6 is 0 Å². The number of benzene rings is 1. The van der Waals surface area contributed by atoms with Crippen molar-refractivity contribution in [3.8, 4) is 11.5 Å². The molecule has 1 aliphatic heterocycles. The monoisotopic (exact) mass is 237 g/mol. The highest BCUT2D eigenvalue weighted by Gasteiger charge is 2.23. The highest BCUT2D eigenvalue weighted by molar-refractivity contribution is 5.43. The smallest absolute Gasteiger partial charge is 0.122 e. The van der Waals surface area contributed by atoms with Crippen LogP contribution in [0.25, 0.3) is 0 Å². The van der Waals surface area contributed by atoms with Crippen LogP contribution in [0.2, 0.25) is 0 Å². The van der Waals surface area contributed by atoms with Crippen molar-refractivity contribution >= 4 is 0 Å². The number of hydrogen-bond acceptors (Lipinski definition) is 4. The van der Waals surface area contributed by atoms with Crippen molar-refractivity contribution in [1.82, 2.24) is 4.90 Å². The average molecular weight is 237 g/mol. The zero-order chi connectivity index (χ0) is 12.3. The summed E-state index contributed by atoms with van der Waals surface area (Å²) in [4.78, 5) is 2.21. The van der Waals surface area contributed by atoms with Crippen molar-refractivity contribution in [1.29, 1.82) is 0 Å². The molecule has 1 fully saturated rings. The lowest BCUT2D eigenvalue weighted by atomic mass is 10.1. The Morgan fingerprint density at radius 2 is 1.94 bits per heavy atom. The molecule has 1 aliphatic rings. The Morgan fingerprint density at radius 3 is 2.59 bits per heavy atom. The molecule has 1 aromatic rings. The lowest BCUT2D eigenvalue weighted by molar-refractivity contribution is 0.160. The minimum Gasteiger partial charge on any atom is -0.508 e. The van der Waals surface area contributed by atoms with E-state index in [1.165, 1.54) is 0 Å². The Kier molecular flexibility index (Phi) is 3.86. The summed E-state index contributed by atoms with van der Waals surface area (Å²) in [7, 11) is 0. The second-order valence-corrected chi connectivity index (χ2v) is 4.54. The highest BCUT2D eigenvalue weighted by Crippen LogP contribution is 2.27. The van der Waals surface area contributed by atoms with Gasteiger partial charge in [0.05, 0.1) is 6.61 Å². The molecule has 0 unspecified atom stereocenters. The van der Waals surface area contributed by atoms with Gasteiger partial charge in [0.15, 0.2) is 0 Å². The van der Waals surface area contributed by atoms with Gasteiger partial charge in [-0.3, -0.25) is 4.90 Å². The molecular weight excluding hydrogens is 218 g/mol. The van der Waals surface area contributed by atoms with Gasteiger partial charge in [0.1, 0.15) is 11.5 Å². The maximum absolute atomic E-state index is 9.66. The Labute approximate surface area is 101 Å². The van der Waals surface area contributed by atoms with E-state index >= 15 is 0 Å². The van der Waals surface area contributed by atoms with Crippen molar-refractivity contribution in [3.05, 3.63) is 23.8 Å². The van der Waals surface area contributed by atoms with Crippen molar-refractivity contribution in [2.75, 3.05) is 19.7 Å². The zero-order valence-electron chi connectivity index (χ0n) is 9.84. The topological polar surface area (TPSA) is 63.9 Å². The van der Waals surface area contributed by atoms with Gasteiger partial charge in [-0.05, 0) is 37.9 Å². The van der Waals surface area contributed by atoms with Crippen LogP contribution in [0.5, 0.6) is 11.5 Å². The molecule has 0 aliphatic carbocycles. The van der Waals surface area contributed by atoms with E-state index in [9.17, 15) is 15.3 Å². The van der Waals surface area contributed by atoms with Crippen LogP contribution in [0.4, 0.5) is 0 Å². The quantitative estimate of drug-likeness (QED) is 0.733. The lowest BCUT2D eigenvalue weighted by Crippen LogP contribution is -2.33. The molecule has 1 atom stereocenters. The number of rotatable bonds is 4. The average Bonchev–Trinajstić information content (AvgIpc) is 2.76. The molecular formula is C13H19NO3. The molecule has 0 bridgehead atoms. The number of aliphatic hydroxyl groups excluding tert-OH is 1. The fraction of sp³-hybridized carbons (Fsp3) is 0.538. The van der Waals surface area contributed by atoms with E-state index in [0.717, 1.165) is 25.9 Å². The van der Waals surface area contributed by atoms with E-state index in [2.05, 4.69) is 4.90 Å². The molecule has 1 heterocycles. The summed E-state index contributed by atoms with van der Waals surface area (Å²) in [6, 6.07) is 5.04. The number of nitrogens with zero attached hydrogens (tertiary/aromatic N) is 1. The van der Waals surface area contributed by atoms with Gasteiger partial charge in [-0.25, -0.2) is 0 Å². The second kappa shape index (κ2) is 5.38. The molecule has 1 saturated heterocycles. The van der Waals surface area contributed by atoms with Gasteiger partial charge in [-0.15, -0.1) is 0 Å². The number of hydrogen-bond donors (Lipinski definition) is 3. The number of likely N-dealkylation sites (tertiary alicyclic amines) is 1. The molecule has 17 heavy (non-hydrogen) atoms. The molecule has 0 saturated carbocycles. The highest BCUT2D eigenvalue weighted by atomic mass is 16.3. The molecule has 94 valence electrons. The van der Waals surface area contributed by atoms with Crippen LogP contribution in [-0.2, 0) is 6.42 Å². The van der Waals surface area contributed by atoms with Crippen LogP contribution in [-0.4, -0.2) is 46.0 Å². The minimum atomic E-state index is 0.143. The number of aliphatic hydroxyl groups is 1. The fourth-order valence-electron chi connectivity index (χ4n) is 2.47. The van der Waals surface area contributed by atoms with E-state index in [0.29, 0.717) is 12.0 Å². The molecule has 0 spiro atoms. The molecule has 2 rings (SSSR count). The first-order chi connectivity index (χ1) is 8.22. The summed E-state index contributed by atoms with van der Waals surface area (Å²) in [6.07, 6.45) is 2.75. The largest absolute Gasteiger partial charge is 0.508 e. The standard InChI is InChI=1S/C13H19NO3/c15-9-10-3-2-7-14(10)8-6-11-12(16)4-1-5-13(11)17/h1,4-5,10,15-17H,2-3,6-9H2/t10-/m0/s1. The fourth-order valence-corrected chi connectivity index (χ4v) is 2.47. The van der Waals surface area contributed by atoms with Crippen LogP contribution in [0.15, 0.2) is 18.2 Å². The maximum Gasteiger partial charge on any atom is 0.122 e. The van der Waals surface area contributed by atoms with E-state index in [-0.39, 0.29) is 24.1 Å². The number of phenols is 2. The van der Waals surface area contributed by atoms with Gasteiger partial charge in [-0.1, -0.05) is 6.07 Å². The van der Waals surface area contributed by atoms with E-state index in [4.69, 9.17) is 0 Å². The van der Waals surface area contributed by atoms with Gasteiger partial charge in [0.2, 0.25) is 0 Å². The Bertz CT molecular complexity index is 361. The maximum atomic E-state index is 9.66. The first-order valence-electron chi connectivity index (χ1n) is 6.07. The van der Waals surface area contributed by atoms with Crippen molar-refractivity contribution in [2.45, 2.75) is 25.3 Å². The lowest BCUT2D eigenvalue weighted by Gasteiger charge is -2.22. The normalized spacial score (nSPS) is 20.9. The van der Waals surface area contributed by atoms with Crippen LogP contribution < -0.4 is 0 Å². The summed E-state index contributed by atoms with van der Waals surface area (Å²) in [5.74, 6) is 0.287. The van der Waals surface area contributed by atoms with Crippen molar-refractivity contribution < 1.29 is 15.3 Å². The predicted octanol–water partition coefficient (Wildman–Crippen LogP) is 1.10. The Balaban J connectivity index is 1.98. The molecule has 0 amide bonds. The van der Waals surface area contributed by atoms with Crippen molar-refractivity contribution in [2.24, 2.45) is 0 Å². The summed E-state index contributed by atoms with van der Waals surface area (Å²) < 4.78 is 0. The summed E-state index contributed by atoms with van der Waals surface area (Å²) in [5.41, 5.74) is 0.594. The predicted molar refractivity (Wildman–Crippen MR) is 65.2 cm³/mol. The van der Waals surface area contributed by atoms with Crippen molar-refractivity contribution in [3.63, 3.8) is 0 Å². The second-order valence-electron chi connectivity index (χ2n) is 4.54. The van der Waals surface area contributed by atoms with E-state index < -0.39 is 0 Å². The molecule has 0 aromatic heterocycles.